The largest absolute Gasteiger partial charge is 0.394 e. The van der Waals surface area contributed by atoms with Crippen LogP contribution in [0.4, 0.5) is 0 Å². The lowest BCUT2D eigenvalue weighted by Crippen LogP contribution is -2.43. The Balaban J connectivity index is 3.62. The molecule has 2 N–H and O–H groups in total. The summed E-state index contributed by atoms with van der Waals surface area (Å²) in [5, 5.41) is 12.4. The van der Waals surface area contributed by atoms with Crippen molar-refractivity contribution in [1.82, 2.24) is 10.2 Å². The van der Waals surface area contributed by atoms with E-state index in [9.17, 15) is 5.11 Å². The van der Waals surface area contributed by atoms with Crippen LogP contribution in [0.25, 0.3) is 0 Å². The molecule has 0 heterocycles. The summed E-state index contributed by atoms with van der Waals surface area (Å²) in [6.07, 6.45) is 3.40. The fraction of sp³-hybridized carbons (Fsp3) is 1.00. The summed E-state index contributed by atoms with van der Waals surface area (Å²) >= 11 is 0. The lowest BCUT2D eigenvalue weighted by atomic mass is 9.96. The molecule has 0 fully saturated rings. The van der Waals surface area contributed by atoms with Gasteiger partial charge in [0.25, 0.3) is 0 Å². The molecular formula is C12H28N2O. The van der Waals surface area contributed by atoms with Gasteiger partial charge in [-0.1, -0.05) is 6.42 Å². The monoisotopic (exact) mass is 216 g/mol. The number of nitrogens with zero attached hydrogens (tertiary/aromatic N) is 1. The van der Waals surface area contributed by atoms with E-state index in [1.165, 1.54) is 6.42 Å². The molecule has 1 unspecified atom stereocenters. The predicted octanol–water partition coefficient (Wildman–Crippen LogP) is 1.47. The molecule has 0 saturated carbocycles. The average molecular weight is 216 g/mol. The Bertz CT molecular complexity index is 156. The van der Waals surface area contributed by atoms with E-state index in [0.29, 0.717) is 6.04 Å². The van der Waals surface area contributed by atoms with Crippen LogP contribution in [0, 0.1) is 0 Å². The molecule has 15 heavy (non-hydrogen) atoms. The summed E-state index contributed by atoms with van der Waals surface area (Å²) in [6, 6.07) is 0.624. The molecule has 3 heteroatoms. The van der Waals surface area contributed by atoms with E-state index in [-0.39, 0.29) is 12.1 Å². The molecule has 0 aliphatic heterocycles. The van der Waals surface area contributed by atoms with Gasteiger partial charge in [-0.25, -0.2) is 0 Å². The van der Waals surface area contributed by atoms with Gasteiger partial charge in [0.15, 0.2) is 0 Å². The van der Waals surface area contributed by atoms with Gasteiger partial charge in [0.05, 0.1) is 6.61 Å². The lowest BCUT2D eigenvalue weighted by molar-refractivity contribution is 0.168. The zero-order valence-corrected chi connectivity index (χ0v) is 11.0. The summed E-state index contributed by atoms with van der Waals surface area (Å²) in [5.74, 6) is 0. The Morgan fingerprint density at radius 3 is 2.33 bits per heavy atom. The molecule has 0 spiro atoms. The number of unbranched alkanes of at least 4 members (excludes halogenated alkanes) is 1. The van der Waals surface area contributed by atoms with Crippen molar-refractivity contribution in [3.8, 4) is 0 Å². The number of nitrogens with one attached hydrogen (secondary N) is 1. The molecule has 92 valence electrons. The highest BCUT2D eigenvalue weighted by molar-refractivity contribution is 4.80. The van der Waals surface area contributed by atoms with Gasteiger partial charge >= 0.3 is 0 Å². The quantitative estimate of drug-likeness (QED) is 0.603. The van der Waals surface area contributed by atoms with Crippen molar-refractivity contribution in [3.63, 3.8) is 0 Å². The van der Waals surface area contributed by atoms with E-state index in [1.54, 1.807) is 0 Å². The van der Waals surface area contributed by atoms with E-state index >= 15 is 0 Å². The van der Waals surface area contributed by atoms with E-state index in [0.717, 1.165) is 19.4 Å². The van der Waals surface area contributed by atoms with Crippen molar-refractivity contribution in [2.24, 2.45) is 0 Å². The van der Waals surface area contributed by atoms with Crippen molar-refractivity contribution in [1.29, 1.82) is 0 Å². The third kappa shape index (κ3) is 6.13. The first-order valence-corrected chi connectivity index (χ1v) is 5.95. The van der Waals surface area contributed by atoms with Crippen LogP contribution < -0.4 is 5.32 Å². The maximum absolute atomic E-state index is 9.21. The van der Waals surface area contributed by atoms with Gasteiger partial charge in [0.2, 0.25) is 0 Å². The van der Waals surface area contributed by atoms with Crippen LogP contribution in [0.5, 0.6) is 0 Å². The van der Waals surface area contributed by atoms with Gasteiger partial charge in [-0.05, 0) is 54.3 Å². The van der Waals surface area contributed by atoms with E-state index < -0.39 is 0 Å². The molecule has 3 nitrogen and oxygen atoms in total. The molecule has 0 aliphatic rings. The summed E-state index contributed by atoms with van der Waals surface area (Å²) in [5.41, 5.74) is -0.101. The number of hydrogen-bond acceptors (Lipinski definition) is 3. The summed E-state index contributed by atoms with van der Waals surface area (Å²) in [4.78, 5) is 2.36. The number of aliphatic hydroxyl groups excluding tert-OH is 1. The Labute approximate surface area is 94.9 Å². The smallest absolute Gasteiger partial charge is 0.0610 e. The molecule has 0 amide bonds. The lowest BCUT2D eigenvalue weighted by Gasteiger charge is -2.27. The summed E-state index contributed by atoms with van der Waals surface area (Å²) in [7, 11) is 4.07. The van der Waals surface area contributed by atoms with Crippen LogP contribution in [-0.4, -0.2) is 48.8 Å². The first-order valence-electron chi connectivity index (χ1n) is 5.95. The van der Waals surface area contributed by atoms with Crippen LogP contribution >= 0.6 is 0 Å². The molecule has 0 aromatic rings. The molecule has 0 rings (SSSR count). The predicted molar refractivity (Wildman–Crippen MR) is 66.2 cm³/mol. The number of likely N-dealkylation sites (N-methyl/N-ethyl adjacent to an activating group) is 1. The van der Waals surface area contributed by atoms with Crippen LogP contribution in [0.1, 0.15) is 40.0 Å². The maximum atomic E-state index is 9.21. The fourth-order valence-electron chi connectivity index (χ4n) is 1.42. The van der Waals surface area contributed by atoms with Crippen molar-refractivity contribution >= 4 is 0 Å². The Hall–Kier alpha value is -0.120. The molecule has 0 aromatic carbocycles. The van der Waals surface area contributed by atoms with Gasteiger partial charge in [-0.3, -0.25) is 0 Å². The minimum atomic E-state index is -0.101. The van der Waals surface area contributed by atoms with E-state index in [2.05, 4.69) is 38.0 Å². The third-order valence-corrected chi connectivity index (χ3v) is 3.32. The van der Waals surface area contributed by atoms with Crippen LogP contribution in [0.2, 0.25) is 0 Å². The van der Waals surface area contributed by atoms with Gasteiger partial charge in [-0.15, -0.1) is 0 Å². The standard InChI is InChI=1S/C12H28N2O/c1-11(2)14(5)9-7-6-8-12(3,10-15)13-4/h11,13,15H,6-10H2,1-5H3. The minimum Gasteiger partial charge on any atom is -0.394 e. The molecule has 1 atom stereocenters. The van der Waals surface area contributed by atoms with Crippen molar-refractivity contribution in [3.05, 3.63) is 0 Å². The second kappa shape index (κ2) is 7.20. The van der Waals surface area contributed by atoms with Gasteiger partial charge < -0.3 is 15.3 Å². The van der Waals surface area contributed by atoms with Gasteiger partial charge in [0, 0.05) is 11.6 Å². The zero-order valence-electron chi connectivity index (χ0n) is 11.0. The highest BCUT2D eigenvalue weighted by atomic mass is 16.3. The Morgan fingerprint density at radius 1 is 1.33 bits per heavy atom. The first kappa shape index (κ1) is 14.9. The zero-order chi connectivity index (χ0) is 11.9. The Kier molecular flexibility index (Phi) is 7.14. The summed E-state index contributed by atoms with van der Waals surface area (Å²) < 4.78 is 0. The molecular weight excluding hydrogens is 188 g/mol. The molecule has 0 aromatic heterocycles. The highest BCUT2D eigenvalue weighted by Gasteiger charge is 2.19. The average Bonchev–Trinajstić information content (AvgIpc) is 2.23. The Morgan fingerprint density at radius 2 is 1.93 bits per heavy atom. The van der Waals surface area contributed by atoms with Crippen LogP contribution in [-0.2, 0) is 0 Å². The molecule has 0 radical (unpaired) electrons. The first-order chi connectivity index (χ1) is 6.95. The number of rotatable bonds is 8. The highest BCUT2D eigenvalue weighted by Crippen LogP contribution is 2.12. The van der Waals surface area contributed by atoms with E-state index in [4.69, 9.17) is 0 Å². The van der Waals surface area contributed by atoms with Gasteiger partial charge in [-0.2, -0.15) is 0 Å². The van der Waals surface area contributed by atoms with Crippen molar-refractivity contribution < 1.29 is 5.11 Å². The van der Waals surface area contributed by atoms with Crippen LogP contribution in [0.3, 0.4) is 0 Å². The van der Waals surface area contributed by atoms with Gasteiger partial charge in [0.1, 0.15) is 0 Å². The van der Waals surface area contributed by atoms with Crippen molar-refractivity contribution in [2.75, 3.05) is 27.2 Å². The maximum Gasteiger partial charge on any atom is 0.0610 e. The van der Waals surface area contributed by atoms with E-state index in [1.807, 2.05) is 7.05 Å². The fourth-order valence-corrected chi connectivity index (χ4v) is 1.42. The second-order valence-electron chi connectivity index (χ2n) is 5.00. The molecule has 0 aliphatic carbocycles. The summed E-state index contributed by atoms with van der Waals surface area (Å²) in [6.45, 7) is 7.85. The second-order valence-corrected chi connectivity index (χ2v) is 5.00. The van der Waals surface area contributed by atoms with Crippen LogP contribution in [0.15, 0.2) is 0 Å². The molecule has 0 bridgehead atoms. The third-order valence-electron chi connectivity index (χ3n) is 3.32. The van der Waals surface area contributed by atoms with Crippen molar-refractivity contribution in [2.45, 2.75) is 51.6 Å². The number of hydrogen-bond donors (Lipinski definition) is 2. The number of aliphatic hydroxyl groups is 1. The normalized spacial score (nSPS) is 16.0. The topological polar surface area (TPSA) is 35.5 Å². The minimum absolute atomic E-state index is 0.101. The molecule has 0 saturated heterocycles. The SMILES string of the molecule is CNC(C)(CO)CCCCN(C)C(C)C.